The second kappa shape index (κ2) is 4.74. The SMILES string of the molecule is Cc1nn(C)c(C)c1C(=O)c1c(N)sc2c1CCCC2. The van der Waals surface area contributed by atoms with Crippen molar-refractivity contribution in [1.29, 1.82) is 0 Å². The van der Waals surface area contributed by atoms with E-state index >= 15 is 0 Å². The number of rotatable bonds is 2. The summed E-state index contributed by atoms with van der Waals surface area (Å²) in [6.45, 7) is 3.82. The van der Waals surface area contributed by atoms with Crippen molar-refractivity contribution in [3.05, 3.63) is 33.0 Å². The molecule has 0 saturated carbocycles. The molecule has 2 heterocycles. The molecule has 2 aromatic heterocycles. The van der Waals surface area contributed by atoms with Gasteiger partial charge in [-0.1, -0.05) is 0 Å². The van der Waals surface area contributed by atoms with Crippen molar-refractivity contribution in [2.24, 2.45) is 7.05 Å². The minimum atomic E-state index is 0.0463. The number of carbonyl (C=O) groups excluding carboxylic acids is 1. The summed E-state index contributed by atoms with van der Waals surface area (Å²) in [7, 11) is 1.87. The number of anilines is 1. The van der Waals surface area contributed by atoms with Gasteiger partial charge in [0.15, 0.2) is 5.78 Å². The normalized spacial score (nSPS) is 14.3. The van der Waals surface area contributed by atoms with Crippen LogP contribution in [0.25, 0.3) is 0 Å². The van der Waals surface area contributed by atoms with Crippen molar-refractivity contribution in [2.75, 3.05) is 5.73 Å². The van der Waals surface area contributed by atoms with Gasteiger partial charge in [-0.05, 0) is 45.1 Å². The Morgan fingerprint density at radius 3 is 2.60 bits per heavy atom. The molecule has 2 aromatic rings. The molecule has 0 unspecified atom stereocenters. The third-order valence-electron chi connectivity index (χ3n) is 4.16. The van der Waals surface area contributed by atoms with Crippen molar-refractivity contribution in [2.45, 2.75) is 39.5 Å². The number of aryl methyl sites for hydroxylation is 3. The van der Waals surface area contributed by atoms with Crippen LogP contribution in [0.3, 0.4) is 0 Å². The maximum Gasteiger partial charge on any atom is 0.199 e. The number of fused-ring (bicyclic) bond motifs is 1. The molecule has 0 fully saturated rings. The number of thiophene rings is 1. The summed E-state index contributed by atoms with van der Waals surface area (Å²) in [5.41, 5.74) is 10.5. The van der Waals surface area contributed by atoms with Gasteiger partial charge in [0.1, 0.15) is 0 Å². The Labute approximate surface area is 122 Å². The molecule has 1 aliphatic rings. The standard InChI is InChI=1S/C15H19N3OS/c1-8-12(9(2)18(3)17-8)14(19)13-10-6-4-5-7-11(10)20-15(13)16/h4-7,16H2,1-3H3. The summed E-state index contributed by atoms with van der Waals surface area (Å²) < 4.78 is 1.76. The van der Waals surface area contributed by atoms with Crippen LogP contribution in [0.2, 0.25) is 0 Å². The average Bonchev–Trinajstić information content (AvgIpc) is 2.85. The van der Waals surface area contributed by atoms with Gasteiger partial charge in [-0.25, -0.2) is 0 Å². The minimum Gasteiger partial charge on any atom is -0.390 e. The second-order valence-corrected chi connectivity index (χ2v) is 6.59. The fourth-order valence-electron chi connectivity index (χ4n) is 3.06. The van der Waals surface area contributed by atoms with Gasteiger partial charge in [0.05, 0.1) is 21.8 Å². The van der Waals surface area contributed by atoms with E-state index < -0.39 is 0 Å². The summed E-state index contributed by atoms with van der Waals surface area (Å²) in [5.74, 6) is 0.0463. The van der Waals surface area contributed by atoms with E-state index in [0.717, 1.165) is 36.2 Å². The van der Waals surface area contributed by atoms with E-state index in [1.165, 1.54) is 16.9 Å². The molecule has 3 rings (SSSR count). The molecule has 0 saturated heterocycles. The minimum absolute atomic E-state index is 0.0463. The lowest BCUT2D eigenvalue weighted by Gasteiger charge is -2.12. The lowest BCUT2D eigenvalue weighted by Crippen LogP contribution is -2.10. The van der Waals surface area contributed by atoms with Crippen LogP contribution in [-0.4, -0.2) is 15.6 Å². The van der Waals surface area contributed by atoms with Crippen LogP contribution in [0, 0.1) is 13.8 Å². The lowest BCUT2D eigenvalue weighted by atomic mass is 9.91. The van der Waals surface area contributed by atoms with Crippen molar-refractivity contribution in [3.8, 4) is 0 Å². The van der Waals surface area contributed by atoms with E-state index in [9.17, 15) is 4.79 Å². The topological polar surface area (TPSA) is 60.9 Å². The number of nitrogens with two attached hydrogens (primary N) is 1. The highest BCUT2D eigenvalue weighted by Gasteiger charge is 2.28. The average molecular weight is 289 g/mol. The maximum absolute atomic E-state index is 12.9. The number of ketones is 1. The number of hydrogen-bond donors (Lipinski definition) is 1. The summed E-state index contributed by atoms with van der Waals surface area (Å²) in [4.78, 5) is 14.2. The molecule has 0 bridgehead atoms. The van der Waals surface area contributed by atoms with E-state index in [1.54, 1.807) is 16.0 Å². The van der Waals surface area contributed by atoms with Gasteiger partial charge in [-0.2, -0.15) is 5.10 Å². The van der Waals surface area contributed by atoms with Gasteiger partial charge in [-0.15, -0.1) is 11.3 Å². The van der Waals surface area contributed by atoms with E-state index in [2.05, 4.69) is 5.10 Å². The highest BCUT2D eigenvalue weighted by atomic mass is 32.1. The van der Waals surface area contributed by atoms with Gasteiger partial charge in [0.2, 0.25) is 0 Å². The predicted molar refractivity (Wildman–Crippen MR) is 81.5 cm³/mol. The molecule has 0 amide bonds. The first kappa shape index (κ1) is 13.4. The van der Waals surface area contributed by atoms with Crippen LogP contribution in [0.15, 0.2) is 0 Å². The predicted octanol–water partition coefficient (Wildman–Crippen LogP) is 2.79. The zero-order valence-electron chi connectivity index (χ0n) is 12.1. The molecule has 5 heteroatoms. The summed E-state index contributed by atoms with van der Waals surface area (Å²) in [5, 5.41) is 5.01. The molecule has 0 atom stereocenters. The third-order valence-corrected chi connectivity index (χ3v) is 5.28. The van der Waals surface area contributed by atoms with Crippen LogP contribution < -0.4 is 5.73 Å². The first-order chi connectivity index (χ1) is 9.50. The maximum atomic E-state index is 12.9. The van der Waals surface area contributed by atoms with Gasteiger partial charge in [0, 0.05) is 17.6 Å². The summed E-state index contributed by atoms with van der Waals surface area (Å²) in [6, 6.07) is 0. The Kier molecular flexibility index (Phi) is 3.17. The largest absolute Gasteiger partial charge is 0.390 e. The molecular formula is C15H19N3OS. The molecule has 0 aromatic carbocycles. The number of nitrogens with zero attached hydrogens (tertiary/aromatic N) is 2. The quantitative estimate of drug-likeness (QED) is 0.865. The summed E-state index contributed by atoms with van der Waals surface area (Å²) >= 11 is 1.59. The number of carbonyl (C=O) groups is 1. The second-order valence-electron chi connectivity index (χ2n) is 5.45. The van der Waals surface area contributed by atoms with Crippen LogP contribution >= 0.6 is 11.3 Å². The zero-order valence-corrected chi connectivity index (χ0v) is 12.9. The molecule has 1 aliphatic carbocycles. The lowest BCUT2D eigenvalue weighted by molar-refractivity contribution is 0.103. The Balaban J connectivity index is 2.14. The first-order valence-corrected chi connectivity index (χ1v) is 7.77. The van der Waals surface area contributed by atoms with E-state index in [1.807, 2.05) is 20.9 Å². The van der Waals surface area contributed by atoms with E-state index in [4.69, 9.17) is 5.73 Å². The van der Waals surface area contributed by atoms with Crippen molar-refractivity contribution in [3.63, 3.8) is 0 Å². The highest BCUT2D eigenvalue weighted by molar-refractivity contribution is 7.16. The molecule has 106 valence electrons. The number of hydrogen-bond acceptors (Lipinski definition) is 4. The van der Waals surface area contributed by atoms with Crippen LogP contribution in [0.1, 0.15) is 50.6 Å². The van der Waals surface area contributed by atoms with E-state index in [0.29, 0.717) is 10.6 Å². The fraction of sp³-hybridized carbons (Fsp3) is 0.467. The Hall–Kier alpha value is -1.62. The van der Waals surface area contributed by atoms with Crippen molar-refractivity contribution >= 4 is 22.1 Å². The van der Waals surface area contributed by atoms with Gasteiger partial charge < -0.3 is 5.73 Å². The Bertz CT molecular complexity index is 697. The zero-order chi connectivity index (χ0) is 14.4. The molecular weight excluding hydrogens is 270 g/mol. The monoisotopic (exact) mass is 289 g/mol. The van der Waals surface area contributed by atoms with Gasteiger partial charge >= 0.3 is 0 Å². The van der Waals surface area contributed by atoms with Crippen LogP contribution in [-0.2, 0) is 19.9 Å². The number of aromatic nitrogens is 2. The molecule has 0 radical (unpaired) electrons. The fourth-order valence-corrected chi connectivity index (χ4v) is 4.22. The Morgan fingerprint density at radius 2 is 1.95 bits per heavy atom. The molecule has 0 spiro atoms. The van der Waals surface area contributed by atoms with E-state index in [-0.39, 0.29) is 5.78 Å². The van der Waals surface area contributed by atoms with Crippen molar-refractivity contribution in [1.82, 2.24) is 9.78 Å². The van der Waals surface area contributed by atoms with Crippen molar-refractivity contribution < 1.29 is 4.79 Å². The van der Waals surface area contributed by atoms with Crippen LogP contribution in [0.5, 0.6) is 0 Å². The highest BCUT2D eigenvalue weighted by Crippen LogP contribution is 2.38. The number of nitrogen functional groups attached to an aromatic ring is 1. The van der Waals surface area contributed by atoms with Gasteiger partial charge in [0.25, 0.3) is 0 Å². The molecule has 4 nitrogen and oxygen atoms in total. The van der Waals surface area contributed by atoms with Crippen LogP contribution in [0.4, 0.5) is 5.00 Å². The smallest absolute Gasteiger partial charge is 0.199 e. The molecule has 0 aliphatic heterocycles. The summed E-state index contributed by atoms with van der Waals surface area (Å²) in [6.07, 6.45) is 4.38. The third kappa shape index (κ3) is 1.88. The molecule has 20 heavy (non-hydrogen) atoms. The first-order valence-electron chi connectivity index (χ1n) is 6.95. The Morgan fingerprint density at radius 1 is 1.25 bits per heavy atom. The molecule has 2 N–H and O–H groups in total. The van der Waals surface area contributed by atoms with Gasteiger partial charge in [-0.3, -0.25) is 9.48 Å².